The zero-order chi connectivity index (χ0) is 13.0. The van der Waals surface area contributed by atoms with Gasteiger partial charge in [0.05, 0.1) is 6.61 Å². The minimum Gasteiger partial charge on any atom is -0.461 e. The lowest BCUT2D eigenvalue weighted by Crippen LogP contribution is -2.07. The van der Waals surface area contributed by atoms with E-state index < -0.39 is 5.97 Å². The highest BCUT2D eigenvalue weighted by Gasteiger charge is 2.21. The molecule has 0 radical (unpaired) electrons. The Labute approximate surface area is 101 Å². The number of carbonyl (C=O) groups excluding carboxylic acids is 2. The quantitative estimate of drug-likeness (QED) is 0.632. The molecule has 0 saturated heterocycles. The molecular weight excluding hydrogens is 218 g/mol. The van der Waals surface area contributed by atoms with Gasteiger partial charge in [-0.3, -0.25) is 4.79 Å². The van der Waals surface area contributed by atoms with Crippen LogP contribution < -0.4 is 0 Å². The average Bonchev–Trinajstić information content (AvgIpc) is 2.56. The van der Waals surface area contributed by atoms with E-state index in [1.807, 2.05) is 6.92 Å². The molecule has 94 valence electrons. The first-order chi connectivity index (χ1) is 8.02. The molecule has 0 amide bonds. The summed E-state index contributed by atoms with van der Waals surface area (Å²) in [6, 6.07) is 0. The van der Waals surface area contributed by atoms with Crippen LogP contribution >= 0.6 is 0 Å². The molecule has 1 aromatic rings. The summed E-state index contributed by atoms with van der Waals surface area (Å²) in [6.45, 7) is 7.41. The topological polar surface area (TPSA) is 59.2 Å². The van der Waals surface area contributed by atoms with Crippen LogP contribution in [0.5, 0.6) is 0 Å². The van der Waals surface area contributed by atoms with Crippen molar-refractivity contribution in [2.45, 2.75) is 40.5 Å². The van der Waals surface area contributed by atoms with Crippen molar-refractivity contribution in [1.82, 2.24) is 4.98 Å². The predicted octanol–water partition coefficient (Wildman–Crippen LogP) is 2.65. The van der Waals surface area contributed by atoms with Gasteiger partial charge >= 0.3 is 5.97 Å². The number of aromatic amines is 1. The van der Waals surface area contributed by atoms with Gasteiger partial charge in [0.1, 0.15) is 5.69 Å². The zero-order valence-electron chi connectivity index (χ0n) is 10.8. The number of hydrogen-bond donors (Lipinski definition) is 1. The predicted molar refractivity (Wildman–Crippen MR) is 65.5 cm³/mol. The van der Waals surface area contributed by atoms with Crippen molar-refractivity contribution in [2.75, 3.05) is 6.61 Å². The highest BCUT2D eigenvalue weighted by Crippen LogP contribution is 2.21. The Kier molecular flexibility index (Phi) is 4.49. The van der Waals surface area contributed by atoms with Crippen LogP contribution in [0.4, 0.5) is 0 Å². The van der Waals surface area contributed by atoms with Crippen LogP contribution in [-0.2, 0) is 11.2 Å². The van der Waals surface area contributed by atoms with Crippen LogP contribution in [0.15, 0.2) is 0 Å². The summed E-state index contributed by atoms with van der Waals surface area (Å²) in [5.74, 6) is -0.410. The summed E-state index contributed by atoms with van der Waals surface area (Å²) in [5, 5.41) is 0. The van der Waals surface area contributed by atoms with Crippen molar-refractivity contribution in [2.24, 2.45) is 0 Å². The highest BCUT2D eigenvalue weighted by molar-refractivity contribution is 6.01. The van der Waals surface area contributed by atoms with E-state index in [2.05, 4.69) is 4.98 Å². The molecule has 0 aliphatic carbocycles. The molecule has 0 aromatic carbocycles. The van der Waals surface area contributed by atoms with Gasteiger partial charge in [0, 0.05) is 11.3 Å². The lowest BCUT2D eigenvalue weighted by Gasteiger charge is -2.00. The van der Waals surface area contributed by atoms with E-state index in [0.29, 0.717) is 23.4 Å². The molecule has 4 nitrogen and oxygen atoms in total. The molecule has 0 spiro atoms. The molecule has 0 unspecified atom stereocenters. The fourth-order valence-corrected chi connectivity index (χ4v) is 1.98. The number of aryl methyl sites for hydroxylation is 1. The van der Waals surface area contributed by atoms with E-state index in [0.717, 1.165) is 18.5 Å². The number of nitrogens with one attached hydrogen (secondary N) is 1. The van der Waals surface area contributed by atoms with E-state index in [1.165, 1.54) is 6.92 Å². The molecule has 1 rings (SSSR count). The molecule has 0 bridgehead atoms. The van der Waals surface area contributed by atoms with Gasteiger partial charge in [0.25, 0.3) is 0 Å². The number of ether oxygens (including phenoxy) is 1. The molecule has 0 aliphatic rings. The monoisotopic (exact) mass is 237 g/mol. The maximum atomic E-state index is 11.7. The fraction of sp³-hybridized carbons (Fsp3) is 0.538. The summed E-state index contributed by atoms with van der Waals surface area (Å²) in [5.41, 5.74) is 2.57. The van der Waals surface area contributed by atoms with Crippen molar-refractivity contribution in [3.05, 3.63) is 22.5 Å². The van der Waals surface area contributed by atoms with Crippen LogP contribution in [0.3, 0.4) is 0 Å². The molecule has 1 N–H and O–H groups in total. The number of H-pyrrole nitrogens is 1. The number of Topliss-reactive ketones (excluding diaryl/α,β-unsaturated/α-hetero) is 1. The summed E-state index contributed by atoms with van der Waals surface area (Å²) >= 11 is 0. The van der Waals surface area contributed by atoms with Crippen molar-refractivity contribution >= 4 is 11.8 Å². The maximum Gasteiger partial charge on any atom is 0.355 e. The van der Waals surface area contributed by atoms with E-state index >= 15 is 0 Å². The van der Waals surface area contributed by atoms with Gasteiger partial charge in [-0.15, -0.1) is 0 Å². The number of carbonyl (C=O) groups is 2. The Bertz CT molecular complexity index is 432. The first kappa shape index (κ1) is 13.5. The van der Waals surface area contributed by atoms with Gasteiger partial charge in [-0.1, -0.05) is 13.3 Å². The third-order valence-electron chi connectivity index (χ3n) is 2.66. The summed E-state index contributed by atoms with van der Waals surface area (Å²) in [7, 11) is 0. The van der Waals surface area contributed by atoms with Gasteiger partial charge < -0.3 is 9.72 Å². The van der Waals surface area contributed by atoms with Crippen molar-refractivity contribution in [3.63, 3.8) is 0 Å². The molecule has 0 atom stereocenters. The molecule has 4 heteroatoms. The number of rotatable bonds is 5. The second-order valence-electron chi connectivity index (χ2n) is 4.01. The SMILES string of the molecule is CCCc1[nH]c(C(=O)OCC)c(C)c1C(C)=O. The van der Waals surface area contributed by atoms with E-state index in [1.54, 1.807) is 13.8 Å². The van der Waals surface area contributed by atoms with Crippen molar-refractivity contribution in [3.8, 4) is 0 Å². The molecule has 0 fully saturated rings. The van der Waals surface area contributed by atoms with Crippen molar-refractivity contribution < 1.29 is 14.3 Å². The van der Waals surface area contributed by atoms with E-state index in [4.69, 9.17) is 4.74 Å². The first-order valence-electron chi connectivity index (χ1n) is 5.92. The lowest BCUT2D eigenvalue weighted by atomic mass is 10.0. The van der Waals surface area contributed by atoms with Crippen LogP contribution in [0.1, 0.15) is 59.3 Å². The Morgan fingerprint density at radius 3 is 2.41 bits per heavy atom. The first-order valence-corrected chi connectivity index (χ1v) is 5.92. The Balaban J connectivity index is 3.21. The molecule has 1 aromatic heterocycles. The molecule has 17 heavy (non-hydrogen) atoms. The van der Waals surface area contributed by atoms with Gasteiger partial charge in [-0.2, -0.15) is 0 Å². The normalized spacial score (nSPS) is 10.4. The minimum atomic E-state index is -0.394. The van der Waals surface area contributed by atoms with Gasteiger partial charge in [-0.25, -0.2) is 4.79 Å². The van der Waals surface area contributed by atoms with E-state index in [9.17, 15) is 9.59 Å². The second kappa shape index (κ2) is 5.66. The van der Waals surface area contributed by atoms with Crippen molar-refractivity contribution in [1.29, 1.82) is 0 Å². The smallest absolute Gasteiger partial charge is 0.355 e. The highest BCUT2D eigenvalue weighted by atomic mass is 16.5. The summed E-state index contributed by atoms with van der Waals surface area (Å²) < 4.78 is 4.95. The third-order valence-corrected chi connectivity index (χ3v) is 2.66. The van der Waals surface area contributed by atoms with Crippen LogP contribution in [-0.4, -0.2) is 23.3 Å². The van der Waals surface area contributed by atoms with Gasteiger partial charge in [-0.05, 0) is 32.8 Å². The second-order valence-corrected chi connectivity index (χ2v) is 4.01. The molecular formula is C13H19NO3. The largest absolute Gasteiger partial charge is 0.461 e. The Morgan fingerprint density at radius 1 is 1.29 bits per heavy atom. The van der Waals surface area contributed by atoms with Gasteiger partial charge in [0.15, 0.2) is 5.78 Å². The van der Waals surface area contributed by atoms with E-state index in [-0.39, 0.29) is 5.78 Å². The van der Waals surface area contributed by atoms with Crippen LogP contribution in [0.2, 0.25) is 0 Å². The Hall–Kier alpha value is -1.58. The molecule has 0 saturated carbocycles. The third kappa shape index (κ3) is 2.75. The summed E-state index contributed by atoms with van der Waals surface area (Å²) in [6.07, 6.45) is 1.68. The zero-order valence-corrected chi connectivity index (χ0v) is 10.8. The fourth-order valence-electron chi connectivity index (χ4n) is 1.98. The maximum absolute atomic E-state index is 11.7. The molecule has 1 heterocycles. The number of hydrogen-bond acceptors (Lipinski definition) is 3. The minimum absolute atomic E-state index is 0.0160. The average molecular weight is 237 g/mol. The van der Waals surface area contributed by atoms with Gasteiger partial charge in [0.2, 0.25) is 0 Å². The summed E-state index contributed by atoms with van der Waals surface area (Å²) in [4.78, 5) is 26.3. The van der Waals surface area contributed by atoms with Crippen LogP contribution in [0.25, 0.3) is 0 Å². The molecule has 0 aliphatic heterocycles. The standard InChI is InChI=1S/C13H19NO3/c1-5-7-10-11(9(4)15)8(3)12(14-10)13(16)17-6-2/h14H,5-7H2,1-4H3. The van der Waals surface area contributed by atoms with Crippen LogP contribution in [0, 0.1) is 6.92 Å². The Morgan fingerprint density at radius 2 is 1.94 bits per heavy atom. The lowest BCUT2D eigenvalue weighted by molar-refractivity contribution is 0.0519. The number of ketones is 1. The number of aromatic nitrogens is 1. The number of esters is 1.